The number of halogens is 1. The van der Waals surface area contributed by atoms with Crippen LogP contribution in [0.15, 0.2) is 48.8 Å². The zero-order valence-electron chi connectivity index (χ0n) is 20.2. The maximum absolute atomic E-state index is 11.6. The third-order valence-corrected chi connectivity index (χ3v) is 6.67. The summed E-state index contributed by atoms with van der Waals surface area (Å²) in [5.41, 5.74) is 3.57. The molecule has 1 amide bonds. The van der Waals surface area contributed by atoms with Crippen molar-refractivity contribution in [2.45, 2.75) is 6.92 Å². The molecule has 5 rings (SSSR count). The molecule has 2 aromatic heterocycles. The number of nitro benzene ring substituents is 1. The van der Waals surface area contributed by atoms with Gasteiger partial charge in [0.2, 0.25) is 11.9 Å². The lowest BCUT2D eigenvalue weighted by Crippen LogP contribution is -2.48. The van der Waals surface area contributed by atoms with Gasteiger partial charge < -0.3 is 24.8 Å². The van der Waals surface area contributed by atoms with Crippen molar-refractivity contribution in [3.05, 3.63) is 63.9 Å². The Balaban J connectivity index is 1.43. The van der Waals surface area contributed by atoms with E-state index in [1.165, 1.54) is 31.5 Å². The highest BCUT2D eigenvalue weighted by atomic mass is 35.5. The highest BCUT2D eigenvalue weighted by Gasteiger charge is 2.20. The van der Waals surface area contributed by atoms with Gasteiger partial charge in [-0.15, -0.1) is 0 Å². The molecule has 0 saturated carbocycles. The van der Waals surface area contributed by atoms with E-state index in [1.807, 2.05) is 23.2 Å². The zero-order valence-corrected chi connectivity index (χ0v) is 21.0. The number of hydrogen-bond donors (Lipinski definition) is 2. The summed E-state index contributed by atoms with van der Waals surface area (Å²) < 4.78 is 5.32. The maximum atomic E-state index is 11.6. The first kappa shape index (κ1) is 24.3. The zero-order chi connectivity index (χ0) is 26.1. The van der Waals surface area contributed by atoms with Crippen molar-refractivity contribution in [3.8, 4) is 17.0 Å². The molecule has 3 heterocycles. The van der Waals surface area contributed by atoms with Crippen LogP contribution in [0.3, 0.4) is 0 Å². The molecule has 0 unspecified atom stereocenters. The number of H-pyrrole nitrogens is 1. The molecule has 1 fully saturated rings. The van der Waals surface area contributed by atoms with Crippen molar-refractivity contribution in [1.82, 2.24) is 19.9 Å². The molecule has 12 heteroatoms. The number of aromatic nitrogens is 3. The number of fused-ring (bicyclic) bond motifs is 1. The van der Waals surface area contributed by atoms with E-state index >= 15 is 0 Å². The Kier molecular flexibility index (Phi) is 6.53. The molecule has 0 spiro atoms. The number of benzene rings is 2. The maximum Gasteiger partial charge on any atom is 0.271 e. The van der Waals surface area contributed by atoms with Crippen LogP contribution < -0.4 is 15.0 Å². The molecular weight excluding hydrogens is 498 g/mol. The molecule has 11 nitrogen and oxygen atoms in total. The van der Waals surface area contributed by atoms with Crippen LogP contribution in [0.1, 0.15) is 6.92 Å². The molecule has 190 valence electrons. The largest absolute Gasteiger partial charge is 0.495 e. The van der Waals surface area contributed by atoms with Crippen LogP contribution in [0.2, 0.25) is 5.02 Å². The minimum Gasteiger partial charge on any atom is -0.495 e. The summed E-state index contributed by atoms with van der Waals surface area (Å²) in [6, 6.07) is 10.4. The van der Waals surface area contributed by atoms with Gasteiger partial charge in [-0.3, -0.25) is 14.9 Å². The fraction of sp³-hybridized carbons (Fsp3) is 0.240. The lowest BCUT2D eigenvalue weighted by molar-refractivity contribution is -0.384. The molecule has 2 N–H and O–H groups in total. The van der Waals surface area contributed by atoms with E-state index in [9.17, 15) is 14.9 Å². The summed E-state index contributed by atoms with van der Waals surface area (Å²) in [6.45, 7) is 4.54. The SMILES string of the molecule is COc1ccc([N+](=O)[O-])cc1Nc1ncc(Cl)c(-c2c[nH]c3cc(N4CCN(C(C)=O)CC4)ccc23)n1. The summed E-state index contributed by atoms with van der Waals surface area (Å²) in [6.07, 6.45) is 3.33. The Hall–Kier alpha value is -4.38. The van der Waals surface area contributed by atoms with Crippen molar-refractivity contribution in [1.29, 1.82) is 0 Å². The van der Waals surface area contributed by atoms with Crippen LogP contribution in [0.5, 0.6) is 5.75 Å². The number of anilines is 3. The number of rotatable bonds is 6. The number of non-ortho nitro benzene ring substituents is 1. The van der Waals surface area contributed by atoms with Crippen LogP contribution >= 0.6 is 11.6 Å². The van der Waals surface area contributed by atoms with Gasteiger partial charge >= 0.3 is 0 Å². The number of methoxy groups -OCH3 is 1. The molecule has 0 atom stereocenters. The first-order valence-electron chi connectivity index (χ1n) is 11.6. The Morgan fingerprint density at radius 3 is 2.68 bits per heavy atom. The molecule has 0 aliphatic carbocycles. The second kappa shape index (κ2) is 9.94. The van der Waals surface area contributed by atoms with Crippen LogP contribution in [0.4, 0.5) is 23.0 Å². The van der Waals surface area contributed by atoms with Crippen molar-refractivity contribution in [2.75, 3.05) is 43.5 Å². The average Bonchev–Trinajstić information content (AvgIpc) is 3.33. The highest BCUT2D eigenvalue weighted by molar-refractivity contribution is 6.33. The number of hydrogen-bond acceptors (Lipinski definition) is 8. The molecule has 2 aromatic carbocycles. The van der Waals surface area contributed by atoms with Crippen molar-refractivity contribution in [2.24, 2.45) is 0 Å². The summed E-state index contributed by atoms with van der Waals surface area (Å²) >= 11 is 6.49. The van der Waals surface area contributed by atoms with Crippen LogP contribution in [0.25, 0.3) is 22.2 Å². The van der Waals surface area contributed by atoms with Gasteiger partial charge in [-0.1, -0.05) is 17.7 Å². The van der Waals surface area contributed by atoms with E-state index in [-0.39, 0.29) is 17.5 Å². The normalized spacial score (nSPS) is 13.6. The quantitative estimate of drug-likeness (QED) is 0.278. The first-order valence-corrected chi connectivity index (χ1v) is 12.0. The van der Waals surface area contributed by atoms with Gasteiger partial charge in [-0.25, -0.2) is 9.97 Å². The van der Waals surface area contributed by atoms with E-state index in [1.54, 1.807) is 6.92 Å². The Morgan fingerprint density at radius 1 is 1.19 bits per heavy atom. The lowest BCUT2D eigenvalue weighted by Gasteiger charge is -2.35. The summed E-state index contributed by atoms with van der Waals surface area (Å²) in [7, 11) is 1.48. The van der Waals surface area contributed by atoms with E-state index in [4.69, 9.17) is 16.3 Å². The molecule has 1 aliphatic heterocycles. The fourth-order valence-corrected chi connectivity index (χ4v) is 4.62. The molecule has 4 aromatic rings. The van der Waals surface area contributed by atoms with Gasteiger partial charge in [0.15, 0.2) is 0 Å². The van der Waals surface area contributed by atoms with Crippen molar-refractivity contribution < 1.29 is 14.5 Å². The van der Waals surface area contributed by atoms with Gasteiger partial charge in [-0.2, -0.15) is 0 Å². The predicted octanol–water partition coefficient (Wildman–Crippen LogP) is 4.61. The Morgan fingerprint density at radius 2 is 1.97 bits per heavy atom. The van der Waals surface area contributed by atoms with E-state index in [2.05, 4.69) is 31.2 Å². The topological polar surface area (TPSA) is 130 Å². The standard InChI is InChI=1S/C25H24ClN7O4/c1-15(34)31-7-9-32(10-8-31)16-3-5-18-19(13-27-21(18)11-16)24-20(26)14-28-25(30-24)29-22-12-17(33(35)36)4-6-23(22)37-2/h3-6,11-14,27H,7-10H2,1-2H3,(H,28,29,30). The summed E-state index contributed by atoms with van der Waals surface area (Å²) in [5.74, 6) is 0.727. The van der Waals surface area contributed by atoms with Gasteiger partial charge in [0.25, 0.3) is 5.69 Å². The van der Waals surface area contributed by atoms with Gasteiger partial charge in [0, 0.05) is 73.6 Å². The van der Waals surface area contributed by atoms with Crippen LogP contribution in [-0.2, 0) is 4.79 Å². The number of ether oxygens (including phenoxy) is 1. The summed E-state index contributed by atoms with van der Waals surface area (Å²) in [4.78, 5) is 38.6. The number of piperazine rings is 1. The molecule has 0 radical (unpaired) electrons. The predicted molar refractivity (Wildman–Crippen MR) is 142 cm³/mol. The highest BCUT2D eigenvalue weighted by Crippen LogP contribution is 2.36. The number of carbonyl (C=O) groups excluding carboxylic acids is 1. The van der Waals surface area contributed by atoms with Gasteiger partial charge in [-0.05, 0) is 18.2 Å². The minimum atomic E-state index is -0.484. The average molecular weight is 522 g/mol. The molecule has 0 bridgehead atoms. The van der Waals surface area contributed by atoms with Crippen LogP contribution in [-0.4, -0.2) is 64.0 Å². The Bertz CT molecular complexity index is 1500. The number of carbonyl (C=O) groups is 1. The smallest absolute Gasteiger partial charge is 0.271 e. The third-order valence-electron chi connectivity index (χ3n) is 6.40. The van der Waals surface area contributed by atoms with Crippen LogP contribution in [0, 0.1) is 10.1 Å². The number of amides is 1. The molecule has 1 saturated heterocycles. The molecule has 37 heavy (non-hydrogen) atoms. The van der Waals surface area contributed by atoms with E-state index in [0.717, 1.165) is 35.2 Å². The second-order valence-electron chi connectivity index (χ2n) is 8.58. The number of nitrogens with zero attached hydrogens (tertiary/aromatic N) is 5. The van der Waals surface area contributed by atoms with Gasteiger partial charge in [0.1, 0.15) is 5.75 Å². The van der Waals surface area contributed by atoms with E-state index in [0.29, 0.717) is 35.2 Å². The minimum absolute atomic E-state index is 0.0902. The molecular formula is C25H24ClN7O4. The van der Waals surface area contributed by atoms with Crippen molar-refractivity contribution in [3.63, 3.8) is 0 Å². The van der Waals surface area contributed by atoms with E-state index < -0.39 is 4.92 Å². The first-order chi connectivity index (χ1) is 17.8. The second-order valence-corrected chi connectivity index (χ2v) is 8.99. The summed E-state index contributed by atoms with van der Waals surface area (Å²) in [5, 5.41) is 15.5. The van der Waals surface area contributed by atoms with Crippen molar-refractivity contribution >= 4 is 51.4 Å². The monoisotopic (exact) mass is 521 g/mol. The van der Waals surface area contributed by atoms with Gasteiger partial charge in [0.05, 0.1) is 34.6 Å². The lowest BCUT2D eigenvalue weighted by atomic mass is 10.1. The number of nitrogens with one attached hydrogen (secondary N) is 2. The number of nitro groups is 1. The Labute approximate surface area is 217 Å². The molecule has 1 aliphatic rings. The third kappa shape index (κ3) is 4.85. The fourth-order valence-electron chi connectivity index (χ4n) is 4.43. The number of aromatic amines is 1.